The fourth-order valence-corrected chi connectivity index (χ4v) is 2.01. The quantitative estimate of drug-likeness (QED) is 0.850. The van der Waals surface area contributed by atoms with Gasteiger partial charge >= 0.3 is 0 Å². The summed E-state index contributed by atoms with van der Waals surface area (Å²) in [7, 11) is 0. The SMILES string of the molecule is CC(C)Cn1ccnc1NC1(C)CCOC1. The van der Waals surface area contributed by atoms with Crippen molar-refractivity contribution in [2.75, 3.05) is 18.5 Å². The lowest BCUT2D eigenvalue weighted by Gasteiger charge is -2.25. The number of ether oxygens (including phenoxy) is 1. The van der Waals surface area contributed by atoms with Gasteiger partial charge in [-0.05, 0) is 19.3 Å². The van der Waals surface area contributed by atoms with Gasteiger partial charge in [-0.15, -0.1) is 0 Å². The van der Waals surface area contributed by atoms with Crippen LogP contribution in [0, 0.1) is 5.92 Å². The molecule has 0 amide bonds. The van der Waals surface area contributed by atoms with Crippen molar-refractivity contribution in [2.24, 2.45) is 5.92 Å². The number of anilines is 1. The van der Waals surface area contributed by atoms with Crippen molar-refractivity contribution in [3.63, 3.8) is 0 Å². The zero-order chi connectivity index (χ0) is 11.6. The number of imidazole rings is 1. The van der Waals surface area contributed by atoms with Gasteiger partial charge in [-0.25, -0.2) is 4.98 Å². The predicted octanol–water partition coefficient (Wildman–Crippen LogP) is 2.13. The van der Waals surface area contributed by atoms with Crippen molar-refractivity contribution in [1.82, 2.24) is 9.55 Å². The molecule has 1 unspecified atom stereocenters. The lowest BCUT2D eigenvalue weighted by atomic mass is 10.0. The number of hydrogen-bond acceptors (Lipinski definition) is 3. The smallest absolute Gasteiger partial charge is 0.203 e. The lowest BCUT2D eigenvalue weighted by molar-refractivity contribution is 0.185. The van der Waals surface area contributed by atoms with Gasteiger partial charge in [0.1, 0.15) is 0 Å². The minimum Gasteiger partial charge on any atom is -0.379 e. The molecule has 90 valence electrons. The maximum absolute atomic E-state index is 5.43. The molecule has 0 bridgehead atoms. The summed E-state index contributed by atoms with van der Waals surface area (Å²) in [6, 6.07) is 0. The molecule has 4 nitrogen and oxygen atoms in total. The van der Waals surface area contributed by atoms with E-state index in [9.17, 15) is 0 Å². The van der Waals surface area contributed by atoms with Crippen LogP contribution in [0.2, 0.25) is 0 Å². The lowest BCUT2D eigenvalue weighted by Crippen LogP contribution is -2.36. The maximum atomic E-state index is 5.43. The Morgan fingerprint density at radius 1 is 1.62 bits per heavy atom. The second-order valence-corrected chi connectivity index (χ2v) is 5.29. The number of rotatable bonds is 4. The molecule has 0 aliphatic carbocycles. The van der Waals surface area contributed by atoms with Gasteiger partial charge in [0, 0.05) is 25.5 Å². The van der Waals surface area contributed by atoms with E-state index < -0.39 is 0 Å². The molecule has 2 heterocycles. The van der Waals surface area contributed by atoms with Crippen molar-refractivity contribution < 1.29 is 4.74 Å². The van der Waals surface area contributed by atoms with Crippen LogP contribution in [0.4, 0.5) is 5.95 Å². The second kappa shape index (κ2) is 4.45. The summed E-state index contributed by atoms with van der Waals surface area (Å²) < 4.78 is 7.61. The molecule has 4 heteroatoms. The molecule has 1 aromatic rings. The molecule has 2 rings (SSSR count). The van der Waals surface area contributed by atoms with E-state index in [1.54, 1.807) is 0 Å². The normalized spacial score (nSPS) is 25.2. The van der Waals surface area contributed by atoms with Crippen LogP contribution in [0.15, 0.2) is 12.4 Å². The molecule has 0 saturated carbocycles. The van der Waals surface area contributed by atoms with E-state index in [1.165, 1.54) is 0 Å². The highest BCUT2D eigenvalue weighted by molar-refractivity contribution is 5.31. The highest BCUT2D eigenvalue weighted by Crippen LogP contribution is 2.23. The monoisotopic (exact) mass is 223 g/mol. The maximum Gasteiger partial charge on any atom is 0.203 e. The van der Waals surface area contributed by atoms with Gasteiger partial charge in [-0.2, -0.15) is 0 Å². The van der Waals surface area contributed by atoms with Crippen LogP contribution in [-0.2, 0) is 11.3 Å². The third kappa shape index (κ3) is 2.55. The summed E-state index contributed by atoms with van der Waals surface area (Å²) in [6.45, 7) is 9.22. The number of nitrogens with zero attached hydrogens (tertiary/aromatic N) is 2. The summed E-state index contributed by atoms with van der Waals surface area (Å²) in [5, 5.41) is 3.50. The molecule has 1 aromatic heterocycles. The zero-order valence-corrected chi connectivity index (χ0v) is 10.4. The Morgan fingerprint density at radius 2 is 2.44 bits per heavy atom. The largest absolute Gasteiger partial charge is 0.379 e. The zero-order valence-electron chi connectivity index (χ0n) is 10.4. The van der Waals surface area contributed by atoms with Crippen LogP contribution >= 0.6 is 0 Å². The summed E-state index contributed by atoms with van der Waals surface area (Å²) in [6.07, 6.45) is 4.92. The fraction of sp³-hybridized carbons (Fsp3) is 0.750. The molecule has 16 heavy (non-hydrogen) atoms. The van der Waals surface area contributed by atoms with Gasteiger partial charge in [0.25, 0.3) is 0 Å². The van der Waals surface area contributed by atoms with Crippen LogP contribution in [-0.4, -0.2) is 28.3 Å². The third-order valence-electron chi connectivity index (χ3n) is 2.91. The van der Waals surface area contributed by atoms with E-state index in [1.807, 2.05) is 12.4 Å². The van der Waals surface area contributed by atoms with Crippen LogP contribution in [0.3, 0.4) is 0 Å². The molecular formula is C12H21N3O. The van der Waals surface area contributed by atoms with Crippen LogP contribution in [0.1, 0.15) is 27.2 Å². The van der Waals surface area contributed by atoms with Crippen LogP contribution in [0.25, 0.3) is 0 Å². The summed E-state index contributed by atoms with van der Waals surface area (Å²) in [5.41, 5.74) is 0.0417. The van der Waals surface area contributed by atoms with Gasteiger partial charge in [-0.3, -0.25) is 0 Å². The Balaban J connectivity index is 2.06. The van der Waals surface area contributed by atoms with Crippen molar-refractivity contribution in [1.29, 1.82) is 0 Å². The van der Waals surface area contributed by atoms with Gasteiger partial charge in [0.05, 0.1) is 12.1 Å². The highest BCUT2D eigenvalue weighted by atomic mass is 16.5. The number of aromatic nitrogens is 2. The Labute approximate surface area is 97.0 Å². The van der Waals surface area contributed by atoms with Crippen molar-refractivity contribution in [3.8, 4) is 0 Å². The molecule has 0 radical (unpaired) electrons. The van der Waals surface area contributed by atoms with Crippen molar-refractivity contribution in [3.05, 3.63) is 12.4 Å². The van der Waals surface area contributed by atoms with E-state index in [-0.39, 0.29) is 5.54 Å². The molecule has 1 N–H and O–H groups in total. The first-order valence-electron chi connectivity index (χ1n) is 5.96. The molecule has 0 aromatic carbocycles. The van der Waals surface area contributed by atoms with E-state index in [4.69, 9.17) is 4.74 Å². The van der Waals surface area contributed by atoms with E-state index in [0.717, 1.165) is 32.1 Å². The molecule has 1 aliphatic heterocycles. The topological polar surface area (TPSA) is 39.1 Å². The second-order valence-electron chi connectivity index (χ2n) is 5.29. The standard InChI is InChI=1S/C12H21N3O/c1-10(2)8-15-6-5-13-11(15)14-12(3)4-7-16-9-12/h5-6,10H,4,7-9H2,1-3H3,(H,13,14). The first kappa shape index (κ1) is 11.5. The minimum atomic E-state index is 0.0417. The van der Waals surface area contributed by atoms with Crippen LogP contribution in [0.5, 0.6) is 0 Å². The van der Waals surface area contributed by atoms with E-state index in [0.29, 0.717) is 5.92 Å². The Bertz CT molecular complexity index is 340. The average Bonchev–Trinajstić information content (AvgIpc) is 2.77. The van der Waals surface area contributed by atoms with Gasteiger partial charge in [-0.1, -0.05) is 13.8 Å². The van der Waals surface area contributed by atoms with E-state index >= 15 is 0 Å². The van der Waals surface area contributed by atoms with Crippen molar-refractivity contribution >= 4 is 5.95 Å². The Kier molecular flexibility index (Phi) is 3.19. The van der Waals surface area contributed by atoms with Gasteiger partial charge < -0.3 is 14.6 Å². The number of hydrogen-bond donors (Lipinski definition) is 1. The predicted molar refractivity (Wildman–Crippen MR) is 64.5 cm³/mol. The third-order valence-corrected chi connectivity index (χ3v) is 2.91. The minimum absolute atomic E-state index is 0.0417. The molecule has 1 atom stereocenters. The van der Waals surface area contributed by atoms with Crippen molar-refractivity contribution in [2.45, 2.75) is 39.3 Å². The Hall–Kier alpha value is -1.03. The molecule has 1 saturated heterocycles. The van der Waals surface area contributed by atoms with Gasteiger partial charge in [0.15, 0.2) is 0 Å². The first-order valence-corrected chi connectivity index (χ1v) is 5.96. The highest BCUT2D eigenvalue weighted by Gasteiger charge is 2.30. The molecular weight excluding hydrogens is 202 g/mol. The summed E-state index contributed by atoms with van der Waals surface area (Å²) in [4.78, 5) is 4.37. The molecule has 1 fully saturated rings. The molecule has 0 spiro atoms. The summed E-state index contributed by atoms with van der Waals surface area (Å²) in [5.74, 6) is 1.59. The number of nitrogens with one attached hydrogen (secondary N) is 1. The first-order chi connectivity index (χ1) is 7.59. The summed E-state index contributed by atoms with van der Waals surface area (Å²) >= 11 is 0. The van der Waals surface area contributed by atoms with E-state index in [2.05, 4.69) is 35.6 Å². The average molecular weight is 223 g/mol. The van der Waals surface area contributed by atoms with Gasteiger partial charge in [0.2, 0.25) is 5.95 Å². The van der Waals surface area contributed by atoms with Crippen LogP contribution < -0.4 is 5.32 Å². The molecule has 1 aliphatic rings. The fourth-order valence-electron chi connectivity index (χ4n) is 2.01. The Morgan fingerprint density at radius 3 is 3.06 bits per heavy atom.